The van der Waals surface area contributed by atoms with Gasteiger partial charge in [0.15, 0.2) is 0 Å². The van der Waals surface area contributed by atoms with Crippen LogP contribution in [0.25, 0.3) is 88.4 Å². The van der Waals surface area contributed by atoms with Crippen molar-refractivity contribution in [1.29, 1.82) is 5.26 Å². The van der Waals surface area contributed by atoms with Crippen molar-refractivity contribution in [3.8, 4) is 50.8 Å². The summed E-state index contributed by atoms with van der Waals surface area (Å²) in [4.78, 5) is 0. The zero-order valence-corrected chi connectivity index (χ0v) is 28.2. The molecule has 0 aliphatic heterocycles. The Kier molecular flexibility index (Phi) is 6.87. The summed E-state index contributed by atoms with van der Waals surface area (Å²) >= 11 is 0. The lowest BCUT2D eigenvalue weighted by Gasteiger charge is -2.11. The number of hydrogen-bond donors (Lipinski definition) is 0. The van der Waals surface area contributed by atoms with Gasteiger partial charge < -0.3 is 9.13 Å². The Morgan fingerprint density at radius 1 is 0.308 bits per heavy atom. The van der Waals surface area contributed by atoms with Crippen LogP contribution in [0.1, 0.15) is 5.56 Å². The van der Waals surface area contributed by atoms with E-state index in [2.05, 4.69) is 185 Å². The van der Waals surface area contributed by atoms with Crippen molar-refractivity contribution >= 4 is 43.6 Å². The first-order valence-corrected chi connectivity index (χ1v) is 17.6. The topological polar surface area (TPSA) is 33.6 Å². The van der Waals surface area contributed by atoms with Gasteiger partial charge in [-0.2, -0.15) is 5.26 Å². The summed E-state index contributed by atoms with van der Waals surface area (Å²) in [5.41, 5.74) is 14.6. The molecule has 0 unspecified atom stereocenters. The molecule has 0 amide bonds. The quantitative estimate of drug-likeness (QED) is 0.181. The predicted octanol–water partition coefficient (Wildman–Crippen LogP) is 12.8. The van der Waals surface area contributed by atoms with Crippen LogP contribution in [0.2, 0.25) is 0 Å². The highest BCUT2D eigenvalue weighted by molar-refractivity contribution is 6.12. The number of nitriles is 1. The van der Waals surface area contributed by atoms with Crippen molar-refractivity contribution in [2.75, 3.05) is 0 Å². The molecule has 10 aromatic rings. The second-order valence-electron chi connectivity index (χ2n) is 13.3. The van der Waals surface area contributed by atoms with Crippen molar-refractivity contribution < 1.29 is 0 Å². The van der Waals surface area contributed by atoms with Gasteiger partial charge >= 0.3 is 0 Å². The zero-order chi connectivity index (χ0) is 34.6. The first kappa shape index (κ1) is 29.7. The molecule has 2 heterocycles. The van der Waals surface area contributed by atoms with Gasteiger partial charge in [0.05, 0.1) is 33.7 Å². The second kappa shape index (κ2) is 12.0. The van der Waals surface area contributed by atoms with Crippen molar-refractivity contribution in [1.82, 2.24) is 9.13 Å². The molecule has 0 bridgehead atoms. The van der Waals surface area contributed by atoms with E-state index in [0.717, 1.165) is 22.4 Å². The Balaban J connectivity index is 1.05. The van der Waals surface area contributed by atoms with Gasteiger partial charge in [0.1, 0.15) is 0 Å². The van der Waals surface area contributed by atoms with Crippen LogP contribution < -0.4 is 0 Å². The third-order valence-corrected chi connectivity index (χ3v) is 10.4. The van der Waals surface area contributed by atoms with Crippen molar-refractivity contribution in [2.45, 2.75) is 0 Å². The van der Waals surface area contributed by atoms with E-state index in [1.165, 1.54) is 66.0 Å². The maximum Gasteiger partial charge on any atom is 0.0992 e. The molecule has 52 heavy (non-hydrogen) atoms. The van der Waals surface area contributed by atoms with Crippen LogP contribution >= 0.6 is 0 Å². The van der Waals surface area contributed by atoms with Crippen LogP contribution in [-0.2, 0) is 0 Å². The summed E-state index contributed by atoms with van der Waals surface area (Å²) in [5.74, 6) is 0. The molecule has 0 aliphatic carbocycles. The number of rotatable bonds is 5. The van der Waals surface area contributed by atoms with Gasteiger partial charge in [-0.25, -0.2) is 0 Å². The van der Waals surface area contributed by atoms with Crippen molar-refractivity contribution in [3.05, 3.63) is 194 Å². The molecule has 10 rings (SSSR count). The number of aromatic nitrogens is 2. The van der Waals surface area contributed by atoms with Crippen molar-refractivity contribution in [3.63, 3.8) is 0 Å². The molecule has 0 saturated carbocycles. The third-order valence-electron chi connectivity index (χ3n) is 10.4. The molecule has 3 nitrogen and oxygen atoms in total. The Bertz CT molecular complexity index is 2990. The molecule has 0 N–H and O–H groups in total. The highest BCUT2D eigenvalue weighted by atomic mass is 15.0. The maximum absolute atomic E-state index is 9.59. The van der Waals surface area contributed by atoms with Crippen LogP contribution in [0.3, 0.4) is 0 Å². The fraction of sp³-hybridized carbons (Fsp3) is 0. The highest BCUT2D eigenvalue weighted by Gasteiger charge is 2.16. The monoisotopic (exact) mass is 661 g/mol. The summed E-state index contributed by atoms with van der Waals surface area (Å²) in [6.45, 7) is 0. The molecule has 0 spiro atoms. The Morgan fingerprint density at radius 3 is 1.31 bits per heavy atom. The normalized spacial score (nSPS) is 11.4. The van der Waals surface area contributed by atoms with Crippen molar-refractivity contribution in [2.24, 2.45) is 0 Å². The van der Waals surface area contributed by atoms with E-state index in [1.54, 1.807) is 0 Å². The lowest BCUT2D eigenvalue weighted by molar-refractivity contribution is 1.18. The average Bonchev–Trinajstić information content (AvgIpc) is 3.73. The summed E-state index contributed by atoms with van der Waals surface area (Å²) in [5, 5.41) is 14.4. The number of hydrogen-bond acceptors (Lipinski definition) is 1. The first-order valence-electron chi connectivity index (χ1n) is 17.6. The minimum Gasteiger partial charge on any atom is -0.309 e. The van der Waals surface area contributed by atoms with E-state index in [4.69, 9.17) is 0 Å². The van der Waals surface area contributed by atoms with Crippen LogP contribution in [0.5, 0.6) is 0 Å². The molecular formula is C49H31N3. The SMILES string of the molecule is N#Cc1cccc(-n2c3ccccc3c3cc(-c4ccc5c(c4)c4ccccc4n5-c4ccc(-c5ccc(-c6ccccc6)cc5)cc4)ccc32)c1. The summed E-state index contributed by atoms with van der Waals surface area (Å²) in [6.07, 6.45) is 0. The van der Waals surface area contributed by atoms with Crippen LogP contribution in [-0.4, -0.2) is 9.13 Å². The van der Waals surface area contributed by atoms with E-state index in [0.29, 0.717) is 5.56 Å². The summed E-state index contributed by atoms with van der Waals surface area (Å²) in [7, 11) is 0. The van der Waals surface area contributed by atoms with Gasteiger partial charge in [-0.3, -0.25) is 0 Å². The molecule has 0 atom stereocenters. The van der Waals surface area contributed by atoms with E-state index in [1.807, 2.05) is 18.2 Å². The van der Waals surface area contributed by atoms with Crippen LogP contribution in [0, 0.1) is 11.3 Å². The summed E-state index contributed by atoms with van der Waals surface area (Å²) in [6, 6.07) is 69.2. The van der Waals surface area contributed by atoms with E-state index >= 15 is 0 Å². The molecule has 0 radical (unpaired) electrons. The summed E-state index contributed by atoms with van der Waals surface area (Å²) < 4.78 is 4.64. The Hall–Kier alpha value is -7.15. The molecule has 0 aliphatic rings. The van der Waals surface area contributed by atoms with Crippen LogP contribution in [0.15, 0.2) is 188 Å². The number of nitrogens with zero attached hydrogens (tertiary/aromatic N) is 3. The molecule has 242 valence electrons. The first-order chi connectivity index (χ1) is 25.7. The Morgan fingerprint density at radius 2 is 0.750 bits per heavy atom. The predicted molar refractivity (Wildman–Crippen MR) is 216 cm³/mol. The minimum atomic E-state index is 0.650. The van der Waals surface area contributed by atoms with E-state index in [-0.39, 0.29) is 0 Å². The van der Waals surface area contributed by atoms with Gasteiger partial charge in [0.2, 0.25) is 0 Å². The molecule has 3 heteroatoms. The average molecular weight is 662 g/mol. The lowest BCUT2D eigenvalue weighted by Crippen LogP contribution is -1.94. The molecule has 2 aromatic heterocycles. The lowest BCUT2D eigenvalue weighted by atomic mass is 10.00. The van der Waals surface area contributed by atoms with Crippen LogP contribution in [0.4, 0.5) is 0 Å². The molecule has 0 saturated heterocycles. The van der Waals surface area contributed by atoms with Gasteiger partial charge in [0, 0.05) is 32.9 Å². The maximum atomic E-state index is 9.59. The van der Waals surface area contributed by atoms with Gasteiger partial charge in [0.25, 0.3) is 0 Å². The number of para-hydroxylation sites is 2. The van der Waals surface area contributed by atoms with Gasteiger partial charge in [-0.05, 0) is 100 Å². The fourth-order valence-corrected chi connectivity index (χ4v) is 7.86. The second-order valence-corrected chi connectivity index (χ2v) is 13.3. The molecular weight excluding hydrogens is 631 g/mol. The zero-order valence-electron chi connectivity index (χ0n) is 28.2. The van der Waals surface area contributed by atoms with E-state index in [9.17, 15) is 5.26 Å². The standard InChI is InChI=1S/C49H31N3/c50-32-33-9-8-12-41(29-33)52-47-16-7-5-14-43(47)45-31-39(24-28-49(45)52)38-23-27-48-44(30-38)42-13-4-6-15-46(42)51(48)40-25-21-37(22-26-40)36-19-17-35(18-20-36)34-10-2-1-3-11-34/h1-31H. The van der Waals surface area contributed by atoms with Gasteiger partial charge in [-0.1, -0.05) is 121 Å². The van der Waals surface area contributed by atoms with Gasteiger partial charge in [-0.15, -0.1) is 0 Å². The smallest absolute Gasteiger partial charge is 0.0992 e. The number of fused-ring (bicyclic) bond motifs is 6. The highest BCUT2D eigenvalue weighted by Crippen LogP contribution is 2.38. The third kappa shape index (κ3) is 4.81. The minimum absolute atomic E-state index is 0.650. The fourth-order valence-electron chi connectivity index (χ4n) is 7.86. The molecule has 8 aromatic carbocycles. The van der Waals surface area contributed by atoms with E-state index < -0.39 is 0 Å². The largest absolute Gasteiger partial charge is 0.309 e. The molecule has 0 fully saturated rings. The Labute approximate surface area is 301 Å². The number of benzene rings is 8.